The summed E-state index contributed by atoms with van der Waals surface area (Å²) in [5.74, 6) is 1.32. The molecule has 0 aliphatic carbocycles. The van der Waals surface area contributed by atoms with Crippen LogP contribution >= 0.6 is 0 Å². The van der Waals surface area contributed by atoms with Gasteiger partial charge in [-0.05, 0) is 38.0 Å². The van der Waals surface area contributed by atoms with Crippen LogP contribution in [0.4, 0.5) is 17.5 Å². The second kappa shape index (κ2) is 7.75. The summed E-state index contributed by atoms with van der Waals surface area (Å²) in [5.41, 5.74) is 4.63. The first-order valence-corrected chi connectivity index (χ1v) is 8.48. The van der Waals surface area contributed by atoms with Crippen molar-refractivity contribution in [1.82, 2.24) is 15.2 Å². The standard InChI is InChI=1S/C20H23N5/c1-4-25(14-17-8-6-5-7-9-17)19-13-21-24-20(23-19)22-18-11-10-15(2)12-16(18)3/h5-13H,4,14H2,1-3H3,(H,22,23,24). The maximum absolute atomic E-state index is 4.64. The molecule has 0 saturated carbocycles. The molecule has 0 aliphatic heterocycles. The van der Waals surface area contributed by atoms with E-state index in [1.807, 2.05) is 12.1 Å². The first-order chi connectivity index (χ1) is 12.2. The minimum atomic E-state index is 0.510. The van der Waals surface area contributed by atoms with Crippen molar-refractivity contribution in [2.24, 2.45) is 0 Å². The van der Waals surface area contributed by atoms with Crippen molar-refractivity contribution in [3.63, 3.8) is 0 Å². The lowest BCUT2D eigenvalue weighted by Crippen LogP contribution is -2.23. The van der Waals surface area contributed by atoms with Crippen LogP contribution in [0.5, 0.6) is 0 Å². The molecule has 0 radical (unpaired) electrons. The highest BCUT2D eigenvalue weighted by Gasteiger charge is 2.10. The SMILES string of the molecule is CCN(Cc1ccccc1)c1cnnc(Nc2ccc(C)cc2C)n1. The lowest BCUT2D eigenvalue weighted by Gasteiger charge is -2.22. The number of benzene rings is 2. The molecule has 5 nitrogen and oxygen atoms in total. The highest BCUT2D eigenvalue weighted by atomic mass is 15.3. The quantitative estimate of drug-likeness (QED) is 0.730. The molecule has 0 atom stereocenters. The first kappa shape index (κ1) is 16.9. The third-order valence-corrected chi connectivity index (χ3v) is 4.10. The number of rotatable bonds is 6. The fourth-order valence-corrected chi connectivity index (χ4v) is 2.73. The smallest absolute Gasteiger partial charge is 0.249 e. The molecule has 0 aliphatic rings. The predicted octanol–water partition coefficient (Wildman–Crippen LogP) is 4.26. The minimum absolute atomic E-state index is 0.510. The molecule has 2 aromatic carbocycles. The van der Waals surface area contributed by atoms with Gasteiger partial charge in [-0.2, -0.15) is 10.1 Å². The van der Waals surface area contributed by atoms with Gasteiger partial charge in [0.15, 0.2) is 5.82 Å². The van der Waals surface area contributed by atoms with Crippen LogP contribution in [0.3, 0.4) is 0 Å². The Kier molecular flexibility index (Phi) is 5.23. The summed E-state index contributed by atoms with van der Waals surface area (Å²) in [4.78, 5) is 6.82. The Morgan fingerprint density at radius 2 is 1.84 bits per heavy atom. The van der Waals surface area contributed by atoms with Crippen LogP contribution in [0.1, 0.15) is 23.6 Å². The van der Waals surface area contributed by atoms with Crippen LogP contribution in [-0.4, -0.2) is 21.7 Å². The van der Waals surface area contributed by atoms with Gasteiger partial charge in [0.05, 0.1) is 6.20 Å². The van der Waals surface area contributed by atoms with Gasteiger partial charge in [-0.25, -0.2) is 0 Å². The Morgan fingerprint density at radius 1 is 1.04 bits per heavy atom. The van der Waals surface area contributed by atoms with Crippen molar-refractivity contribution in [3.05, 3.63) is 71.4 Å². The van der Waals surface area contributed by atoms with Crippen LogP contribution in [0.15, 0.2) is 54.7 Å². The molecule has 0 bridgehead atoms. The van der Waals surface area contributed by atoms with E-state index in [-0.39, 0.29) is 0 Å². The number of nitrogens with zero attached hydrogens (tertiary/aromatic N) is 4. The predicted molar refractivity (Wildman–Crippen MR) is 102 cm³/mol. The van der Waals surface area contributed by atoms with Gasteiger partial charge in [-0.3, -0.25) is 0 Å². The topological polar surface area (TPSA) is 53.9 Å². The van der Waals surface area contributed by atoms with E-state index >= 15 is 0 Å². The highest BCUT2D eigenvalue weighted by molar-refractivity contribution is 5.59. The van der Waals surface area contributed by atoms with Gasteiger partial charge >= 0.3 is 0 Å². The maximum atomic E-state index is 4.64. The zero-order valence-corrected chi connectivity index (χ0v) is 14.9. The largest absolute Gasteiger partial charge is 0.351 e. The fourth-order valence-electron chi connectivity index (χ4n) is 2.73. The summed E-state index contributed by atoms with van der Waals surface area (Å²) < 4.78 is 0. The van der Waals surface area contributed by atoms with Gasteiger partial charge in [0.1, 0.15) is 0 Å². The van der Waals surface area contributed by atoms with E-state index in [1.54, 1.807) is 6.20 Å². The van der Waals surface area contributed by atoms with Gasteiger partial charge in [-0.15, -0.1) is 5.10 Å². The molecule has 3 aromatic rings. The molecular formula is C20H23N5. The monoisotopic (exact) mass is 333 g/mol. The molecule has 1 aromatic heterocycles. The van der Waals surface area contributed by atoms with E-state index in [4.69, 9.17) is 0 Å². The second-order valence-corrected chi connectivity index (χ2v) is 6.08. The van der Waals surface area contributed by atoms with Crippen molar-refractivity contribution in [3.8, 4) is 0 Å². The summed E-state index contributed by atoms with van der Waals surface area (Å²) in [7, 11) is 0. The third kappa shape index (κ3) is 4.32. The summed E-state index contributed by atoms with van der Waals surface area (Å²) in [6.07, 6.45) is 1.71. The number of aryl methyl sites for hydroxylation is 2. The van der Waals surface area contributed by atoms with Crippen LogP contribution in [0.25, 0.3) is 0 Å². The molecule has 1 heterocycles. The van der Waals surface area contributed by atoms with Crippen molar-refractivity contribution >= 4 is 17.5 Å². The van der Waals surface area contributed by atoms with E-state index in [0.717, 1.165) is 30.2 Å². The molecule has 1 N–H and O–H groups in total. The number of aromatic nitrogens is 3. The van der Waals surface area contributed by atoms with Gasteiger partial charge < -0.3 is 10.2 Å². The molecule has 128 valence electrons. The third-order valence-electron chi connectivity index (χ3n) is 4.10. The van der Waals surface area contributed by atoms with Gasteiger partial charge in [-0.1, -0.05) is 48.0 Å². The van der Waals surface area contributed by atoms with Gasteiger partial charge in [0.2, 0.25) is 5.95 Å². The van der Waals surface area contributed by atoms with Crippen molar-refractivity contribution in [1.29, 1.82) is 0 Å². The van der Waals surface area contributed by atoms with E-state index in [0.29, 0.717) is 5.95 Å². The second-order valence-electron chi connectivity index (χ2n) is 6.08. The molecule has 25 heavy (non-hydrogen) atoms. The maximum Gasteiger partial charge on any atom is 0.249 e. The van der Waals surface area contributed by atoms with Crippen LogP contribution in [-0.2, 0) is 6.54 Å². The highest BCUT2D eigenvalue weighted by Crippen LogP contribution is 2.21. The molecule has 3 rings (SSSR count). The molecule has 0 fully saturated rings. The Balaban J connectivity index is 1.80. The van der Waals surface area contributed by atoms with Gasteiger partial charge in [0, 0.05) is 18.8 Å². The summed E-state index contributed by atoms with van der Waals surface area (Å²) in [5, 5.41) is 11.5. The Hall–Kier alpha value is -2.95. The van der Waals surface area contributed by atoms with Crippen LogP contribution in [0.2, 0.25) is 0 Å². The number of hydrogen-bond donors (Lipinski definition) is 1. The minimum Gasteiger partial charge on any atom is -0.351 e. The Morgan fingerprint density at radius 3 is 2.56 bits per heavy atom. The molecule has 5 heteroatoms. The molecule has 0 spiro atoms. The average Bonchev–Trinajstić information content (AvgIpc) is 2.63. The zero-order valence-electron chi connectivity index (χ0n) is 14.9. The van der Waals surface area contributed by atoms with Crippen molar-refractivity contribution < 1.29 is 0 Å². The molecule has 0 unspecified atom stereocenters. The van der Waals surface area contributed by atoms with E-state index in [1.165, 1.54) is 11.1 Å². The molecule has 0 saturated heterocycles. The lowest BCUT2D eigenvalue weighted by atomic mass is 10.1. The lowest BCUT2D eigenvalue weighted by molar-refractivity contribution is 0.798. The van der Waals surface area contributed by atoms with E-state index in [9.17, 15) is 0 Å². The normalized spacial score (nSPS) is 10.5. The Labute approximate surface area is 148 Å². The first-order valence-electron chi connectivity index (χ1n) is 8.48. The fraction of sp³-hybridized carbons (Fsp3) is 0.250. The molecular weight excluding hydrogens is 310 g/mol. The Bertz CT molecular complexity index is 832. The van der Waals surface area contributed by atoms with Crippen molar-refractivity contribution in [2.45, 2.75) is 27.3 Å². The molecule has 0 amide bonds. The zero-order chi connectivity index (χ0) is 17.6. The van der Waals surface area contributed by atoms with Crippen LogP contribution < -0.4 is 10.2 Å². The summed E-state index contributed by atoms with van der Waals surface area (Å²) >= 11 is 0. The van der Waals surface area contributed by atoms with Crippen LogP contribution in [0, 0.1) is 13.8 Å². The van der Waals surface area contributed by atoms with Crippen molar-refractivity contribution in [2.75, 3.05) is 16.8 Å². The number of nitrogens with one attached hydrogen (secondary N) is 1. The summed E-state index contributed by atoms with van der Waals surface area (Å²) in [6, 6.07) is 16.6. The van der Waals surface area contributed by atoms with E-state index in [2.05, 4.69) is 82.6 Å². The van der Waals surface area contributed by atoms with Gasteiger partial charge in [0.25, 0.3) is 0 Å². The average molecular weight is 333 g/mol. The number of hydrogen-bond acceptors (Lipinski definition) is 5. The van der Waals surface area contributed by atoms with E-state index < -0.39 is 0 Å². The summed E-state index contributed by atoms with van der Waals surface area (Å²) in [6.45, 7) is 7.90. The number of anilines is 3.